The zero-order chi connectivity index (χ0) is 93.9. The second-order valence-corrected chi connectivity index (χ2v) is 48.6. The average Bonchev–Trinajstić information content (AvgIpc) is 1.68. The van der Waals surface area contributed by atoms with Crippen molar-refractivity contribution in [1.29, 1.82) is 0 Å². The van der Waals surface area contributed by atoms with Gasteiger partial charge in [-0.15, -0.1) is 0 Å². The fourth-order valence-electron chi connectivity index (χ4n) is 23.4. The molecular weight excluding hydrogens is 1810 g/mol. The van der Waals surface area contributed by atoms with Crippen LogP contribution in [0, 0.1) is 53.3 Å². The van der Waals surface area contributed by atoms with Crippen molar-refractivity contribution in [2.24, 2.45) is 53.3 Å². The number of sulfonamides is 3. The molecule has 6 aromatic rings. The number of aliphatic hydroxyl groups is 1. The van der Waals surface area contributed by atoms with E-state index in [1.54, 1.807) is 75.4 Å². The summed E-state index contributed by atoms with van der Waals surface area (Å²) in [5, 5.41) is 11.4. The maximum absolute atomic E-state index is 13.6. The monoisotopic (exact) mass is 1930 g/mol. The summed E-state index contributed by atoms with van der Waals surface area (Å²) < 4.78 is 119. The summed E-state index contributed by atoms with van der Waals surface area (Å²) in [6.45, 7) is 25.1. The smallest absolute Gasteiger partial charge is 0.264 e. The Morgan fingerprint density at radius 3 is 1.22 bits per heavy atom. The molecule has 133 heavy (non-hydrogen) atoms. The Bertz CT molecular complexity index is 5870. The molecule has 6 bridgehead atoms. The van der Waals surface area contributed by atoms with Gasteiger partial charge in [0.2, 0.25) is 30.1 Å². The van der Waals surface area contributed by atoms with Gasteiger partial charge in [0.1, 0.15) is 17.2 Å². The van der Waals surface area contributed by atoms with Crippen molar-refractivity contribution in [2.45, 2.75) is 214 Å². The lowest BCUT2D eigenvalue weighted by molar-refractivity contribution is -0.122. The lowest BCUT2D eigenvalue weighted by Gasteiger charge is -2.50. The number of rotatable bonds is 4. The lowest BCUT2D eigenvalue weighted by atomic mass is 9.64. The summed E-state index contributed by atoms with van der Waals surface area (Å²) >= 11 is 19.2. The Morgan fingerprint density at radius 1 is 0.459 bits per heavy atom. The SMILES string of the molecule is C[C@@H]1[C@@H](C)C/C=C/C(=O)[C@@H]2CC[C@H]2CN2C[C@@]3(CCCc4cc(Cl)ccc43)COc3ccc(cc32)C(=O)NS1(=O)=O.C[C@@H]1[C@@H](C)C/C=C/[C@](C)(O)[C@@H]2CC[C@H]2CN2C[C@@]3(CCCc4cc(Cl)ccc43)COc3ccc(cc32)C(=O)NS1(=O)=O.C[C@@H]1[C@@H](C)C/C=C/[C@](C)(OCCN2CCOCC2)[C@@H]2CC[C@H]2CN2C[C@@]3(CCCc4cc(Cl)ccc43)COc3ccc(cc32)C(=O)NS1(=O)=O. The highest BCUT2D eigenvalue weighted by Gasteiger charge is 2.52. The number of allylic oxidation sites excluding steroid dienone is 4. The highest BCUT2D eigenvalue weighted by Crippen LogP contribution is 2.54. The van der Waals surface area contributed by atoms with Crippen LogP contribution in [0.1, 0.15) is 216 Å². The van der Waals surface area contributed by atoms with E-state index in [1.165, 1.54) is 33.4 Å². The molecule has 3 saturated carbocycles. The van der Waals surface area contributed by atoms with E-state index in [9.17, 15) is 49.5 Å². The second kappa shape index (κ2) is 39.1. The predicted molar refractivity (Wildman–Crippen MR) is 523 cm³/mol. The van der Waals surface area contributed by atoms with E-state index in [0.717, 1.165) is 174 Å². The fourth-order valence-corrected chi connectivity index (χ4v) is 27.8. The number of carbonyl (C=O) groups is 4. The number of ether oxygens (including phenoxy) is 5. The molecule has 7 heterocycles. The number of ketones is 1. The van der Waals surface area contributed by atoms with Crippen LogP contribution in [0.5, 0.6) is 17.2 Å². The zero-order valence-corrected chi connectivity index (χ0v) is 82.6. The van der Waals surface area contributed by atoms with Crippen LogP contribution in [-0.4, -0.2) is 184 Å². The molecule has 0 unspecified atom stereocenters. The molecule has 29 heteroatoms. The quantitative estimate of drug-likeness (QED) is 0.119. The minimum absolute atomic E-state index is 0.0666. The van der Waals surface area contributed by atoms with Crippen LogP contribution >= 0.6 is 34.8 Å². The van der Waals surface area contributed by atoms with E-state index in [0.29, 0.717) is 101 Å². The minimum Gasteiger partial charge on any atom is -0.490 e. The number of nitrogens with zero attached hydrogens (tertiary/aromatic N) is 4. The summed E-state index contributed by atoms with van der Waals surface area (Å²) in [5.74, 6) is 0.613. The van der Waals surface area contributed by atoms with Gasteiger partial charge in [-0.25, -0.2) is 39.4 Å². The van der Waals surface area contributed by atoms with Gasteiger partial charge < -0.3 is 43.5 Å². The van der Waals surface area contributed by atoms with E-state index >= 15 is 0 Å². The molecule has 3 amide bonds. The molecule has 716 valence electrons. The molecule has 0 aromatic heterocycles. The topological polar surface area (TPSA) is 286 Å². The predicted octanol–water partition coefficient (Wildman–Crippen LogP) is 17.1. The number of aryl methyl sites for hydroxylation is 3. The van der Waals surface area contributed by atoms with Gasteiger partial charge in [0.05, 0.1) is 83.7 Å². The third-order valence-electron chi connectivity index (χ3n) is 32.6. The summed E-state index contributed by atoms with van der Waals surface area (Å²) in [4.78, 5) is 62.8. The molecule has 4 N–H and O–H groups in total. The van der Waals surface area contributed by atoms with Crippen LogP contribution in [0.2, 0.25) is 15.1 Å². The first-order valence-electron chi connectivity index (χ1n) is 48.2. The van der Waals surface area contributed by atoms with Crippen LogP contribution in [0.3, 0.4) is 0 Å². The van der Waals surface area contributed by atoms with Crippen molar-refractivity contribution >= 4 is 105 Å². The normalized spacial score (nSPS) is 33.6. The van der Waals surface area contributed by atoms with Gasteiger partial charge in [-0.2, -0.15) is 0 Å². The number of amides is 3. The van der Waals surface area contributed by atoms with Crippen molar-refractivity contribution in [3.8, 4) is 17.2 Å². The largest absolute Gasteiger partial charge is 0.490 e. The van der Waals surface area contributed by atoms with E-state index in [2.05, 4.69) is 89.2 Å². The Hall–Kier alpha value is -8.02. The summed E-state index contributed by atoms with van der Waals surface area (Å²) in [6.07, 6.45) is 27.7. The van der Waals surface area contributed by atoms with Crippen LogP contribution in [0.15, 0.2) is 146 Å². The maximum atomic E-state index is 13.6. The third kappa shape index (κ3) is 20.4. The number of nitrogens with one attached hydrogen (secondary N) is 3. The number of hydrogen-bond donors (Lipinski definition) is 4. The first-order chi connectivity index (χ1) is 63.4. The Balaban J connectivity index is 0.000000140. The van der Waals surface area contributed by atoms with Crippen LogP contribution in [0.25, 0.3) is 0 Å². The fraction of sp³-hybridized carbons (Fsp3) is 0.558. The van der Waals surface area contributed by atoms with Crippen LogP contribution in [0.4, 0.5) is 17.1 Å². The first-order valence-corrected chi connectivity index (χ1v) is 54.0. The van der Waals surface area contributed by atoms with Gasteiger partial charge in [0.15, 0.2) is 5.78 Å². The van der Waals surface area contributed by atoms with Gasteiger partial charge in [-0.05, 0) is 328 Å². The summed E-state index contributed by atoms with van der Waals surface area (Å²) in [5.41, 5.74) is 8.44. The Kier molecular flexibility index (Phi) is 28.4. The molecule has 19 rings (SSSR count). The number of fused-ring (bicyclic) bond motifs is 12. The molecule has 3 spiro atoms. The maximum Gasteiger partial charge on any atom is 0.264 e. The number of morpholine rings is 1. The summed E-state index contributed by atoms with van der Waals surface area (Å²) in [6, 6.07) is 34.3. The highest BCUT2D eigenvalue weighted by molar-refractivity contribution is 7.91. The van der Waals surface area contributed by atoms with Crippen LogP contribution < -0.4 is 43.1 Å². The number of anilines is 3. The minimum atomic E-state index is -3.94. The standard InChI is InChI=1S/C39H52ClN3O6S.C33H41ClN2O5S.C32H37ClN2O5S/c1-27-6-4-14-38(3,49-21-18-42-16-19-47-20-17-42)33-11-8-31(33)24-43-25-39(15-5-7-29-22-32(40)10-12-34(29)39)26-48-36-13-9-30(23-35(36)43)37(44)41-50(45,46)28(27)2;1-21-6-4-14-32(3,38)27-11-8-25(27)18-36-19-33(15-5-7-23-16-26(34)10-12-28(23)33)20-41-30-13-9-24(17-29(30)36)31(37)35-42(39,40)22(21)2;1-20-5-3-7-29(36)26-11-8-24(26)17-35-18-32(14-4-6-22-15-25(33)10-12-27(22)32)19-40-30-13-9-23(16-28(30)35)31(37)34-41(38,39)21(20)2/h4,9-10,12-14,22-23,27-28,31,33H,5-8,11,15-21,24-26H2,1-3H3,(H,41,44);4,9-10,12-14,16-17,21-22,25,27,38H,5-8,11,15,18-20H2,1-3H3,(H,35,37);3,7,9-10,12-13,15-16,20-21,24,26H,4-6,8,11,14,17-19H2,1-2H3,(H,34,37)/b2*14-4+;7-3+/t27-,28+,31-,33+,38-,39-;21-,22+,25-,27+,32-,33-;20-,21+,24-,26+,32-/m000/s1. The summed E-state index contributed by atoms with van der Waals surface area (Å²) in [7, 11) is -11.8. The van der Waals surface area contributed by atoms with Crippen molar-refractivity contribution in [1.82, 2.24) is 19.1 Å². The van der Waals surface area contributed by atoms with E-state index in [1.807, 2.05) is 70.2 Å². The number of carbonyl (C=O) groups excluding carboxylic acids is 4. The van der Waals surface area contributed by atoms with Gasteiger partial charge in [-0.1, -0.05) is 104 Å². The van der Waals surface area contributed by atoms with Gasteiger partial charge in [0.25, 0.3) is 17.7 Å². The van der Waals surface area contributed by atoms with E-state index < -0.39 is 74.7 Å². The molecule has 4 fully saturated rings. The molecule has 6 aliphatic carbocycles. The molecule has 6 aromatic carbocycles. The molecule has 23 nitrogen and oxygen atoms in total. The molecular formula is C104H130Cl3N7O16S3. The first kappa shape index (κ1) is 96.7. The number of halogens is 3. The number of benzene rings is 6. The van der Waals surface area contributed by atoms with E-state index in [4.69, 9.17) is 58.5 Å². The molecule has 17 atom stereocenters. The van der Waals surface area contributed by atoms with Crippen molar-refractivity contribution in [3.63, 3.8) is 0 Å². The lowest BCUT2D eigenvalue weighted by Crippen LogP contribution is -2.52. The molecule has 7 aliphatic heterocycles. The number of hydrogen-bond acceptors (Lipinski definition) is 20. The second-order valence-electron chi connectivity index (χ2n) is 41.2. The Morgan fingerprint density at radius 2 is 0.835 bits per heavy atom. The van der Waals surface area contributed by atoms with Crippen LogP contribution in [-0.2, 0) is 79.8 Å². The molecule has 0 radical (unpaired) electrons. The molecule has 1 saturated heterocycles. The van der Waals surface area contributed by atoms with Gasteiger partial charge in [0, 0.05) is 113 Å². The zero-order valence-electron chi connectivity index (χ0n) is 77.8. The average molecular weight is 1940 g/mol. The van der Waals surface area contributed by atoms with E-state index in [-0.39, 0.29) is 80.5 Å². The van der Waals surface area contributed by atoms with Crippen molar-refractivity contribution in [2.75, 3.05) is 113 Å². The third-order valence-corrected chi connectivity index (χ3v) is 39.0. The van der Waals surface area contributed by atoms with Gasteiger partial charge >= 0.3 is 0 Å². The van der Waals surface area contributed by atoms with Gasteiger partial charge in [-0.3, -0.25) is 24.1 Å². The molecule has 13 aliphatic rings. The van der Waals surface area contributed by atoms with Crippen molar-refractivity contribution < 1.29 is 73.2 Å². The highest BCUT2D eigenvalue weighted by atomic mass is 35.5. The Labute approximate surface area is 800 Å². The van der Waals surface area contributed by atoms with Crippen molar-refractivity contribution in [3.05, 3.63) is 211 Å².